The van der Waals surface area contributed by atoms with Gasteiger partial charge in [0, 0.05) is 44.9 Å². The molecule has 2 saturated heterocycles. The molecular weight excluding hydrogens is 374 g/mol. The molecule has 0 aromatic heterocycles. The van der Waals surface area contributed by atoms with E-state index in [1.165, 1.54) is 13.0 Å². The minimum atomic E-state index is -0.652. The highest BCUT2D eigenvalue weighted by molar-refractivity contribution is 5.30. The number of hydrogen-bond donors (Lipinski definition) is 2. The molecule has 0 aromatic rings. The first-order valence-corrected chi connectivity index (χ1v) is 11.6. The smallest absolute Gasteiger partial charge is 0.142 e. The molecule has 3 aliphatic heterocycles. The van der Waals surface area contributed by atoms with Gasteiger partial charge < -0.3 is 20.3 Å². The van der Waals surface area contributed by atoms with Gasteiger partial charge >= 0.3 is 0 Å². The average molecular weight is 416 g/mol. The third kappa shape index (κ3) is 5.78. The van der Waals surface area contributed by atoms with Crippen LogP contribution in [-0.4, -0.2) is 72.4 Å². The molecule has 0 aromatic carbocycles. The number of ether oxygens (including phenoxy) is 1. The molecule has 0 radical (unpaired) electrons. The fourth-order valence-electron chi connectivity index (χ4n) is 5.00. The molecule has 3 rings (SSSR count). The summed E-state index contributed by atoms with van der Waals surface area (Å²) in [6, 6.07) is 2.34. The number of dihydropyridines is 1. The maximum atomic E-state index is 9.46. The molecule has 0 bridgehead atoms. The first-order chi connectivity index (χ1) is 14.2. The second-order valence-corrected chi connectivity index (χ2v) is 10.5. The van der Waals surface area contributed by atoms with Crippen molar-refractivity contribution >= 4 is 0 Å². The lowest BCUT2D eigenvalue weighted by Gasteiger charge is -2.53. The number of piperazine rings is 1. The zero-order valence-electron chi connectivity index (χ0n) is 19.6. The van der Waals surface area contributed by atoms with E-state index >= 15 is 0 Å². The quantitative estimate of drug-likeness (QED) is 0.667. The third-order valence-electron chi connectivity index (χ3n) is 6.81. The molecule has 0 amide bonds. The minimum Gasteiger partial charge on any atom is -0.375 e. The summed E-state index contributed by atoms with van der Waals surface area (Å²) >= 11 is 0. The molecule has 3 aliphatic rings. The fourth-order valence-corrected chi connectivity index (χ4v) is 5.00. The van der Waals surface area contributed by atoms with E-state index in [2.05, 4.69) is 54.2 Å². The molecule has 0 spiro atoms. The monoisotopic (exact) mass is 415 g/mol. The Balaban J connectivity index is 1.66. The Hall–Kier alpha value is -1.55. The number of nitriles is 1. The summed E-state index contributed by atoms with van der Waals surface area (Å²) in [4.78, 5) is 5.33. The van der Waals surface area contributed by atoms with Crippen molar-refractivity contribution in [1.82, 2.24) is 20.4 Å². The van der Waals surface area contributed by atoms with E-state index in [0.29, 0.717) is 0 Å². The van der Waals surface area contributed by atoms with Crippen molar-refractivity contribution in [1.29, 1.82) is 5.26 Å². The van der Waals surface area contributed by atoms with Crippen molar-refractivity contribution in [2.45, 2.75) is 70.6 Å². The van der Waals surface area contributed by atoms with E-state index in [9.17, 15) is 5.26 Å². The number of nitrogens with one attached hydrogen (secondary N) is 2. The van der Waals surface area contributed by atoms with Crippen LogP contribution in [0.3, 0.4) is 0 Å². The van der Waals surface area contributed by atoms with Gasteiger partial charge in [-0.2, -0.15) is 5.26 Å². The molecule has 0 saturated carbocycles. The predicted octanol–water partition coefficient (Wildman–Crippen LogP) is 2.85. The lowest BCUT2D eigenvalue weighted by atomic mass is 9.79. The molecule has 2 atom stereocenters. The zero-order chi connectivity index (χ0) is 21.8. The topological polar surface area (TPSA) is 63.6 Å². The highest BCUT2D eigenvalue weighted by Crippen LogP contribution is 2.37. The van der Waals surface area contributed by atoms with Crippen LogP contribution in [0.4, 0.5) is 0 Å². The van der Waals surface area contributed by atoms with Gasteiger partial charge in [-0.25, -0.2) is 0 Å². The number of nitrogens with zero attached hydrogens (tertiary/aromatic N) is 3. The number of rotatable bonds is 7. The summed E-state index contributed by atoms with van der Waals surface area (Å²) in [6.07, 6.45) is 9.23. The standard InChI is InChI=1S/C24H41N5O/c1-20(2)8-11-28-12-14-29(15-13-28)24(10-16-30-22(3,4)17-24)19-26-21-7-6-9-23(5,18-25)27-21/h6-7,9,20,26-27H,8,10-17,19H2,1-5H3. The molecule has 30 heavy (non-hydrogen) atoms. The highest BCUT2D eigenvalue weighted by atomic mass is 16.5. The van der Waals surface area contributed by atoms with Crippen LogP contribution in [0.15, 0.2) is 24.0 Å². The first kappa shape index (κ1) is 23.1. The van der Waals surface area contributed by atoms with Gasteiger partial charge in [-0.1, -0.05) is 19.9 Å². The van der Waals surface area contributed by atoms with Crippen molar-refractivity contribution in [2.24, 2.45) is 5.92 Å². The fraction of sp³-hybridized carbons (Fsp3) is 0.792. The Kier molecular flexibility index (Phi) is 7.16. The van der Waals surface area contributed by atoms with E-state index in [1.54, 1.807) is 0 Å². The van der Waals surface area contributed by atoms with Gasteiger partial charge in [-0.15, -0.1) is 0 Å². The lowest BCUT2D eigenvalue weighted by molar-refractivity contribution is -0.126. The Morgan fingerprint density at radius 2 is 1.97 bits per heavy atom. The number of hydrogen-bond acceptors (Lipinski definition) is 6. The van der Waals surface area contributed by atoms with Gasteiger partial charge in [0.05, 0.1) is 11.7 Å². The molecule has 6 nitrogen and oxygen atoms in total. The first-order valence-electron chi connectivity index (χ1n) is 11.6. The predicted molar refractivity (Wildman–Crippen MR) is 122 cm³/mol. The summed E-state index contributed by atoms with van der Waals surface area (Å²) in [5, 5.41) is 16.4. The molecular formula is C24H41N5O. The van der Waals surface area contributed by atoms with Crippen LogP contribution in [-0.2, 0) is 4.74 Å². The van der Waals surface area contributed by atoms with Crippen LogP contribution in [0.25, 0.3) is 0 Å². The maximum Gasteiger partial charge on any atom is 0.142 e. The molecule has 0 aliphatic carbocycles. The molecule has 2 fully saturated rings. The van der Waals surface area contributed by atoms with Gasteiger partial charge in [0.15, 0.2) is 0 Å². The van der Waals surface area contributed by atoms with Crippen LogP contribution >= 0.6 is 0 Å². The van der Waals surface area contributed by atoms with Crippen molar-refractivity contribution in [2.75, 3.05) is 45.9 Å². The molecule has 6 heteroatoms. The Morgan fingerprint density at radius 1 is 1.23 bits per heavy atom. The van der Waals surface area contributed by atoms with Crippen LogP contribution in [0.1, 0.15) is 53.9 Å². The second-order valence-electron chi connectivity index (χ2n) is 10.5. The molecule has 2 N–H and O–H groups in total. The Morgan fingerprint density at radius 3 is 2.60 bits per heavy atom. The molecule has 3 heterocycles. The minimum absolute atomic E-state index is 0.0681. The normalized spacial score (nSPS) is 32.4. The van der Waals surface area contributed by atoms with Crippen LogP contribution in [0.5, 0.6) is 0 Å². The Bertz CT molecular complexity index is 686. The SMILES string of the molecule is CC(C)CCN1CCN(C2(CNC3=CC=CC(C)(C#N)N3)CCOC(C)(C)C2)CC1. The van der Waals surface area contributed by atoms with E-state index in [0.717, 1.165) is 63.9 Å². The van der Waals surface area contributed by atoms with Crippen molar-refractivity contribution in [3.05, 3.63) is 24.0 Å². The number of allylic oxidation sites excluding steroid dienone is 2. The zero-order valence-corrected chi connectivity index (χ0v) is 19.6. The van der Waals surface area contributed by atoms with Crippen molar-refractivity contribution in [3.63, 3.8) is 0 Å². The summed E-state index contributed by atoms with van der Waals surface area (Å²) < 4.78 is 6.09. The van der Waals surface area contributed by atoms with Gasteiger partial charge in [-0.3, -0.25) is 4.90 Å². The highest BCUT2D eigenvalue weighted by Gasteiger charge is 2.45. The van der Waals surface area contributed by atoms with E-state index in [1.807, 2.05) is 25.2 Å². The van der Waals surface area contributed by atoms with Crippen LogP contribution < -0.4 is 10.6 Å². The summed E-state index contributed by atoms with van der Waals surface area (Å²) in [5.41, 5.74) is -0.704. The van der Waals surface area contributed by atoms with E-state index in [4.69, 9.17) is 4.74 Å². The van der Waals surface area contributed by atoms with Gasteiger partial charge in [-0.05, 0) is 64.6 Å². The maximum absolute atomic E-state index is 9.46. The summed E-state index contributed by atoms with van der Waals surface area (Å²) in [6.45, 7) is 18.3. The summed E-state index contributed by atoms with van der Waals surface area (Å²) in [5.74, 6) is 1.69. The average Bonchev–Trinajstić information content (AvgIpc) is 2.70. The van der Waals surface area contributed by atoms with Gasteiger partial charge in [0.25, 0.3) is 0 Å². The van der Waals surface area contributed by atoms with E-state index in [-0.39, 0.29) is 11.1 Å². The molecule has 168 valence electrons. The van der Waals surface area contributed by atoms with Crippen LogP contribution in [0.2, 0.25) is 0 Å². The van der Waals surface area contributed by atoms with Crippen molar-refractivity contribution < 1.29 is 4.74 Å². The van der Waals surface area contributed by atoms with Gasteiger partial charge in [0.1, 0.15) is 11.4 Å². The second kappa shape index (κ2) is 9.30. The molecule has 2 unspecified atom stereocenters. The van der Waals surface area contributed by atoms with E-state index < -0.39 is 5.54 Å². The lowest BCUT2D eigenvalue weighted by Crippen LogP contribution is -2.65. The van der Waals surface area contributed by atoms with Crippen LogP contribution in [0, 0.1) is 17.2 Å². The van der Waals surface area contributed by atoms with Gasteiger partial charge in [0.2, 0.25) is 0 Å². The summed E-state index contributed by atoms with van der Waals surface area (Å²) in [7, 11) is 0. The van der Waals surface area contributed by atoms with Crippen molar-refractivity contribution in [3.8, 4) is 6.07 Å². The third-order valence-corrected chi connectivity index (χ3v) is 6.81. The Labute approximate surface area is 183 Å². The largest absolute Gasteiger partial charge is 0.375 e.